The van der Waals surface area contributed by atoms with E-state index >= 15 is 0 Å². The third kappa shape index (κ3) is 2.08. The summed E-state index contributed by atoms with van der Waals surface area (Å²) in [5.74, 6) is -2.56. The highest BCUT2D eigenvalue weighted by molar-refractivity contribution is 6.30. The maximum atomic E-state index is 11.7. The average Bonchev–Trinajstić information content (AvgIpc) is 2.49. The summed E-state index contributed by atoms with van der Waals surface area (Å²) in [5.41, 5.74) is 5.36. The molecule has 0 unspecified atom stereocenters. The molecule has 2 atom stereocenters. The van der Waals surface area contributed by atoms with E-state index in [2.05, 4.69) is 0 Å². The lowest BCUT2D eigenvalue weighted by atomic mass is 9.78. The Morgan fingerprint density at radius 2 is 1.89 bits per heavy atom. The maximum Gasteiger partial charge on any atom is 0.319 e. The lowest BCUT2D eigenvalue weighted by Gasteiger charge is -2.26. The number of carbonyl (C=O) groups is 2. The lowest BCUT2D eigenvalue weighted by molar-refractivity contribution is -0.150. The topological polar surface area (TPSA) is 69.4 Å². The molecule has 1 saturated heterocycles. The molecule has 2 N–H and O–H groups in total. The van der Waals surface area contributed by atoms with E-state index in [4.69, 9.17) is 22.1 Å². The molecule has 1 fully saturated rings. The van der Waals surface area contributed by atoms with E-state index in [1.54, 1.807) is 38.1 Å². The highest BCUT2D eigenvalue weighted by Crippen LogP contribution is 2.44. The van der Waals surface area contributed by atoms with Crippen LogP contribution in [0.3, 0.4) is 0 Å². The molecule has 1 aromatic rings. The molecule has 18 heavy (non-hydrogen) atoms. The van der Waals surface area contributed by atoms with Crippen molar-refractivity contribution in [3.63, 3.8) is 0 Å². The van der Waals surface area contributed by atoms with E-state index in [0.29, 0.717) is 5.02 Å². The van der Waals surface area contributed by atoms with E-state index < -0.39 is 23.4 Å². The number of rotatable bonds is 2. The molecule has 0 bridgehead atoms. The minimum Gasteiger partial charge on any atom is -0.458 e. The summed E-state index contributed by atoms with van der Waals surface area (Å²) in [5, 5.41) is 0.595. The SMILES string of the molecule is CC1(C)OC(=O)[C@@H](C(N)=O)[C@@H]1c1ccc(Cl)cc1. The lowest BCUT2D eigenvalue weighted by Crippen LogP contribution is -2.34. The molecule has 0 saturated carbocycles. The number of carbonyl (C=O) groups excluding carboxylic acids is 2. The van der Waals surface area contributed by atoms with Crippen LogP contribution in [0.4, 0.5) is 0 Å². The predicted octanol–water partition coefficient (Wildman–Crippen LogP) is 1.86. The van der Waals surface area contributed by atoms with Crippen molar-refractivity contribution in [3.8, 4) is 0 Å². The Hall–Kier alpha value is -1.55. The van der Waals surface area contributed by atoms with Crippen LogP contribution in [0.15, 0.2) is 24.3 Å². The number of hydrogen-bond acceptors (Lipinski definition) is 3. The second-order valence-electron chi connectivity index (χ2n) is 4.93. The molecule has 1 aliphatic heterocycles. The van der Waals surface area contributed by atoms with Gasteiger partial charge in [0.2, 0.25) is 5.91 Å². The van der Waals surface area contributed by atoms with Gasteiger partial charge in [-0.25, -0.2) is 0 Å². The predicted molar refractivity (Wildman–Crippen MR) is 67.0 cm³/mol. The molecule has 2 rings (SSSR count). The Kier molecular flexibility index (Phi) is 3.07. The van der Waals surface area contributed by atoms with Crippen LogP contribution in [0.1, 0.15) is 25.3 Å². The average molecular weight is 268 g/mol. The van der Waals surface area contributed by atoms with Crippen molar-refractivity contribution < 1.29 is 14.3 Å². The zero-order chi connectivity index (χ0) is 13.5. The van der Waals surface area contributed by atoms with Crippen molar-refractivity contribution in [2.75, 3.05) is 0 Å². The normalized spacial score (nSPS) is 25.8. The zero-order valence-corrected chi connectivity index (χ0v) is 10.9. The number of primary amides is 1. The minimum atomic E-state index is -0.943. The van der Waals surface area contributed by atoms with Crippen molar-refractivity contribution in [3.05, 3.63) is 34.9 Å². The first-order chi connectivity index (χ1) is 8.33. The van der Waals surface area contributed by atoms with Gasteiger partial charge in [-0.2, -0.15) is 0 Å². The number of halogens is 1. The second-order valence-corrected chi connectivity index (χ2v) is 5.37. The summed E-state index contributed by atoms with van der Waals surface area (Å²) < 4.78 is 5.25. The van der Waals surface area contributed by atoms with Crippen LogP contribution in [-0.2, 0) is 14.3 Å². The van der Waals surface area contributed by atoms with E-state index in [1.165, 1.54) is 0 Å². The summed E-state index contributed by atoms with van der Waals surface area (Å²) in [7, 11) is 0. The number of nitrogens with two attached hydrogens (primary N) is 1. The van der Waals surface area contributed by atoms with Crippen LogP contribution in [-0.4, -0.2) is 17.5 Å². The molecule has 0 radical (unpaired) electrons. The molecular weight excluding hydrogens is 254 g/mol. The molecule has 1 amide bonds. The van der Waals surface area contributed by atoms with Crippen LogP contribution < -0.4 is 5.73 Å². The number of esters is 1. The number of amides is 1. The Labute approximate surface area is 110 Å². The largest absolute Gasteiger partial charge is 0.458 e. The van der Waals surface area contributed by atoms with Crippen LogP contribution in [0, 0.1) is 5.92 Å². The van der Waals surface area contributed by atoms with Crippen molar-refractivity contribution in [2.24, 2.45) is 11.7 Å². The van der Waals surface area contributed by atoms with E-state index in [1.807, 2.05) is 0 Å². The van der Waals surface area contributed by atoms with E-state index in [0.717, 1.165) is 5.56 Å². The fourth-order valence-corrected chi connectivity index (χ4v) is 2.59. The fraction of sp³-hybridized carbons (Fsp3) is 0.385. The van der Waals surface area contributed by atoms with Gasteiger partial charge >= 0.3 is 5.97 Å². The molecule has 0 aromatic heterocycles. The number of benzene rings is 1. The number of ether oxygens (including phenoxy) is 1. The molecule has 1 heterocycles. The summed E-state index contributed by atoms with van der Waals surface area (Å²) in [6.45, 7) is 3.54. The molecule has 96 valence electrons. The Bertz CT molecular complexity index is 495. The molecule has 4 nitrogen and oxygen atoms in total. The quantitative estimate of drug-likeness (QED) is 0.657. The third-order valence-corrected chi connectivity index (χ3v) is 3.49. The second kappa shape index (κ2) is 4.28. The van der Waals surface area contributed by atoms with Crippen LogP contribution in [0.2, 0.25) is 5.02 Å². The van der Waals surface area contributed by atoms with Gasteiger partial charge in [0.1, 0.15) is 11.5 Å². The molecule has 0 spiro atoms. The van der Waals surface area contributed by atoms with Crippen molar-refractivity contribution in [1.82, 2.24) is 0 Å². The Balaban J connectivity index is 2.47. The van der Waals surface area contributed by atoms with Gasteiger partial charge in [0.05, 0.1) is 0 Å². The highest BCUT2D eigenvalue weighted by atomic mass is 35.5. The molecule has 1 aliphatic rings. The Morgan fingerprint density at radius 3 is 2.39 bits per heavy atom. The first kappa shape index (κ1) is 12.9. The summed E-state index contributed by atoms with van der Waals surface area (Å²) >= 11 is 5.83. The smallest absolute Gasteiger partial charge is 0.319 e. The van der Waals surface area contributed by atoms with Gasteiger partial charge in [-0.15, -0.1) is 0 Å². The molecule has 0 aliphatic carbocycles. The van der Waals surface area contributed by atoms with Gasteiger partial charge in [-0.1, -0.05) is 23.7 Å². The van der Waals surface area contributed by atoms with Crippen molar-refractivity contribution in [1.29, 1.82) is 0 Å². The van der Waals surface area contributed by atoms with Gasteiger partial charge in [-0.3, -0.25) is 9.59 Å². The summed E-state index contributed by atoms with van der Waals surface area (Å²) in [6.07, 6.45) is 0. The number of cyclic esters (lactones) is 1. The first-order valence-corrected chi connectivity index (χ1v) is 5.98. The van der Waals surface area contributed by atoms with Gasteiger partial charge in [0, 0.05) is 10.9 Å². The van der Waals surface area contributed by atoms with E-state index in [-0.39, 0.29) is 5.92 Å². The molecule has 5 heteroatoms. The highest BCUT2D eigenvalue weighted by Gasteiger charge is 2.53. The molecule has 1 aromatic carbocycles. The Morgan fingerprint density at radius 1 is 1.33 bits per heavy atom. The van der Waals surface area contributed by atoms with Crippen LogP contribution in [0.25, 0.3) is 0 Å². The maximum absolute atomic E-state index is 11.7. The van der Waals surface area contributed by atoms with Gasteiger partial charge in [0.15, 0.2) is 0 Å². The van der Waals surface area contributed by atoms with E-state index in [9.17, 15) is 9.59 Å². The minimum absolute atomic E-state index is 0.389. The van der Waals surface area contributed by atoms with Crippen molar-refractivity contribution >= 4 is 23.5 Å². The molecular formula is C13H14ClNO3. The zero-order valence-electron chi connectivity index (χ0n) is 10.1. The summed E-state index contributed by atoms with van der Waals surface area (Å²) in [6, 6.07) is 7.00. The van der Waals surface area contributed by atoms with Gasteiger partial charge < -0.3 is 10.5 Å². The monoisotopic (exact) mass is 267 g/mol. The van der Waals surface area contributed by atoms with Crippen LogP contribution >= 0.6 is 11.6 Å². The first-order valence-electron chi connectivity index (χ1n) is 5.60. The third-order valence-electron chi connectivity index (χ3n) is 3.24. The van der Waals surface area contributed by atoms with Gasteiger partial charge in [-0.05, 0) is 31.5 Å². The number of hydrogen-bond donors (Lipinski definition) is 1. The van der Waals surface area contributed by atoms with Gasteiger partial charge in [0.25, 0.3) is 0 Å². The van der Waals surface area contributed by atoms with Crippen molar-refractivity contribution in [2.45, 2.75) is 25.4 Å². The standard InChI is InChI=1S/C13H14ClNO3/c1-13(2)10(7-3-5-8(14)6-4-7)9(11(15)16)12(17)18-13/h3-6,9-10H,1-2H3,(H2,15,16)/t9-,10+/m1/s1. The summed E-state index contributed by atoms with van der Waals surface area (Å²) in [4.78, 5) is 23.2. The van der Waals surface area contributed by atoms with Crippen LogP contribution in [0.5, 0.6) is 0 Å². The fourth-order valence-electron chi connectivity index (χ4n) is 2.47.